The maximum Gasteiger partial charge on any atom is 0.307 e. The number of aliphatic hydroxyl groups excluding tert-OH is 1. The van der Waals surface area contributed by atoms with E-state index in [2.05, 4.69) is 5.32 Å². The first-order valence-corrected chi connectivity index (χ1v) is 6.61. The summed E-state index contributed by atoms with van der Waals surface area (Å²) in [6, 6.07) is 7.18. The van der Waals surface area contributed by atoms with Crippen LogP contribution < -0.4 is 5.32 Å². The van der Waals surface area contributed by atoms with Crippen molar-refractivity contribution in [1.82, 2.24) is 0 Å². The average Bonchev–Trinajstić information content (AvgIpc) is 2.95. The molecule has 3 N–H and O–H groups in total. The topological polar surface area (TPSA) is 86.6 Å². The summed E-state index contributed by atoms with van der Waals surface area (Å²) in [6.45, 7) is 3.67. The number of amides is 1. The predicted molar refractivity (Wildman–Crippen MR) is 74.3 cm³/mol. The van der Waals surface area contributed by atoms with Crippen molar-refractivity contribution in [1.29, 1.82) is 0 Å². The van der Waals surface area contributed by atoms with Crippen molar-refractivity contribution in [3.8, 4) is 0 Å². The highest BCUT2D eigenvalue weighted by atomic mass is 16.4. The minimum absolute atomic E-state index is 0.0856. The quantitative estimate of drug-likeness (QED) is 0.761. The normalized spacial score (nSPS) is 23.1. The highest BCUT2D eigenvalue weighted by Crippen LogP contribution is 2.58. The number of carboxylic acid groups (broad SMARTS) is 1. The number of hydrogen-bond acceptors (Lipinski definition) is 3. The maximum atomic E-state index is 12.1. The Hall–Kier alpha value is -1.88. The van der Waals surface area contributed by atoms with Crippen molar-refractivity contribution >= 4 is 17.6 Å². The van der Waals surface area contributed by atoms with Crippen LogP contribution in [0.3, 0.4) is 0 Å². The van der Waals surface area contributed by atoms with E-state index in [1.54, 1.807) is 26.0 Å². The molecule has 1 aliphatic rings. The molecule has 0 spiro atoms. The molecule has 1 aromatic rings. The van der Waals surface area contributed by atoms with Crippen LogP contribution in [0.1, 0.15) is 19.4 Å². The van der Waals surface area contributed by atoms with Crippen LogP contribution in [0.2, 0.25) is 0 Å². The predicted octanol–water partition coefficient (Wildman–Crippen LogP) is 1.52. The molecule has 20 heavy (non-hydrogen) atoms. The van der Waals surface area contributed by atoms with Gasteiger partial charge in [0.05, 0.1) is 11.8 Å². The minimum Gasteiger partial charge on any atom is -0.481 e. The summed E-state index contributed by atoms with van der Waals surface area (Å²) < 4.78 is 0. The average molecular weight is 277 g/mol. The first kappa shape index (κ1) is 14.5. The second-order valence-corrected chi connectivity index (χ2v) is 5.77. The highest BCUT2D eigenvalue weighted by Gasteiger charge is 2.65. The molecular formula is C15H19NO4. The Morgan fingerprint density at radius 2 is 1.80 bits per heavy atom. The first-order chi connectivity index (χ1) is 9.37. The van der Waals surface area contributed by atoms with E-state index in [1.165, 1.54) is 0 Å². The van der Waals surface area contributed by atoms with Gasteiger partial charge in [-0.15, -0.1) is 0 Å². The molecule has 2 atom stereocenters. The molecule has 5 nitrogen and oxygen atoms in total. The summed E-state index contributed by atoms with van der Waals surface area (Å²) in [5.74, 6) is -2.28. The molecule has 108 valence electrons. The standard InChI is InChI=1S/C15H19NO4/c1-15(2)11(12(15)14(19)20)13(18)16-10-5-3-9(4-6-10)7-8-17/h3-6,11-12,17H,7-8H2,1-2H3,(H,16,18)(H,19,20). The third kappa shape index (κ3) is 2.67. The summed E-state index contributed by atoms with van der Waals surface area (Å²) in [5, 5.41) is 20.6. The molecule has 1 saturated carbocycles. The summed E-state index contributed by atoms with van der Waals surface area (Å²) >= 11 is 0. The molecular weight excluding hydrogens is 258 g/mol. The lowest BCUT2D eigenvalue weighted by molar-refractivity contribution is -0.140. The van der Waals surface area contributed by atoms with E-state index in [0.29, 0.717) is 12.1 Å². The summed E-state index contributed by atoms with van der Waals surface area (Å²) in [4.78, 5) is 23.2. The van der Waals surface area contributed by atoms with E-state index in [0.717, 1.165) is 5.56 Å². The number of aliphatic carboxylic acids is 1. The Bertz CT molecular complexity index is 521. The summed E-state index contributed by atoms with van der Waals surface area (Å²) in [7, 11) is 0. The lowest BCUT2D eigenvalue weighted by atomic mass is 10.1. The second kappa shape index (κ2) is 5.25. The molecule has 1 fully saturated rings. The van der Waals surface area contributed by atoms with Crippen LogP contribution in [0, 0.1) is 17.3 Å². The van der Waals surface area contributed by atoms with Crippen molar-refractivity contribution in [2.75, 3.05) is 11.9 Å². The molecule has 0 bridgehead atoms. The highest BCUT2D eigenvalue weighted by molar-refractivity contribution is 5.99. The lowest BCUT2D eigenvalue weighted by Gasteiger charge is -2.07. The van der Waals surface area contributed by atoms with E-state index in [-0.39, 0.29) is 12.5 Å². The van der Waals surface area contributed by atoms with Gasteiger partial charge in [-0.1, -0.05) is 26.0 Å². The number of carbonyl (C=O) groups excluding carboxylic acids is 1. The minimum atomic E-state index is -0.923. The van der Waals surface area contributed by atoms with E-state index in [1.807, 2.05) is 12.1 Å². The molecule has 0 heterocycles. The largest absolute Gasteiger partial charge is 0.481 e. The molecule has 1 aromatic carbocycles. The van der Waals surface area contributed by atoms with Crippen LogP contribution in [0.25, 0.3) is 0 Å². The van der Waals surface area contributed by atoms with Gasteiger partial charge in [-0.3, -0.25) is 9.59 Å². The molecule has 0 saturated heterocycles. The van der Waals surface area contributed by atoms with Crippen LogP contribution in [-0.2, 0) is 16.0 Å². The van der Waals surface area contributed by atoms with Gasteiger partial charge in [-0.2, -0.15) is 0 Å². The van der Waals surface area contributed by atoms with Crippen molar-refractivity contribution in [2.24, 2.45) is 17.3 Å². The monoisotopic (exact) mass is 277 g/mol. The second-order valence-electron chi connectivity index (χ2n) is 5.77. The van der Waals surface area contributed by atoms with Crippen LogP contribution in [0.5, 0.6) is 0 Å². The molecule has 0 radical (unpaired) electrons. The Labute approximate surface area is 117 Å². The van der Waals surface area contributed by atoms with Crippen LogP contribution in [0.4, 0.5) is 5.69 Å². The number of carbonyl (C=O) groups is 2. The van der Waals surface area contributed by atoms with Gasteiger partial charge in [0, 0.05) is 12.3 Å². The van der Waals surface area contributed by atoms with Crippen molar-refractivity contribution in [3.05, 3.63) is 29.8 Å². The van der Waals surface area contributed by atoms with Crippen LogP contribution in [0.15, 0.2) is 24.3 Å². The van der Waals surface area contributed by atoms with Gasteiger partial charge in [0.15, 0.2) is 0 Å². The Morgan fingerprint density at radius 3 is 2.25 bits per heavy atom. The number of carboxylic acids is 1. The van der Waals surface area contributed by atoms with E-state index >= 15 is 0 Å². The zero-order chi connectivity index (χ0) is 14.9. The smallest absolute Gasteiger partial charge is 0.307 e. The molecule has 0 aliphatic heterocycles. The van der Waals surface area contributed by atoms with Crippen molar-refractivity contribution in [2.45, 2.75) is 20.3 Å². The van der Waals surface area contributed by atoms with E-state index in [4.69, 9.17) is 10.2 Å². The summed E-state index contributed by atoms with van der Waals surface area (Å²) in [6.07, 6.45) is 0.574. The number of hydrogen-bond donors (Lipinski definition) is 3. The molecule has 5 heteroatoms. The fourth-order valence-electron chi connectivity index (χ4n) is 2.69. The van der Waals surface area contributed by atoms with Gasteiger partial charge in [0.2, 0.25) is 5.91 Å². The number of nitrogens with one attached hydrogen (secondary N) is 1. The van der Waals surface area contributed by atoms with E-state index in [9.17, 15) is 9.59 Å². The van der Waals surface area contributed by atoms with Gasteiger partial charge in [-0.25, -0.2) is 0 Å². The maximum absolute atomic E-state index is 12.1. The summed E-state index contributed by atoms with van der Waals surface area (Å²) in [5.41, 5.74) is 1.14. The Morgan fingerprint density at radius 1 is 1.20 bits per heavy atom. The van der Waals surface area contributed by atoms with Gasteiger partial charge in [0.1, 0.15) is 0 Å². The zero-order valence-corrected chi connectivity index (χ0v) is 11.6. The third-order valence-electron chi connectivity index (χ3n) is 4.00. The Balaban J connectivity index is 2.00. The number of rotatable bonds is 5. The van der Waals surface area contributed by atoms with Crippen LogP contribution >= 0.6 is 0 Å². The van der Waals surface area contributed by atoms with Gasteiger partial charge >= 0.3 is 5.97 Å². The van der Waals surface area contributed by atoms with Crippen LogP contribution in [-0.4, -0.2) is 28.7 Å². The van der Waals surface area contributed by atoms with Gasteiger partial charge < -0.3 is 15.5 Å². The Kier molecular flexibility index (Phi) is 3.81. The fourth-order valence-corrected chi connectivity index (χ4v) is 2.69. The molecule has 2 rings (SSSR count). The SMILES string of the molecule is CC1(C)C(C(=O)O)C1C(=O)Nc1ccc(CCO)cc1. The fraction of sp³-hybridized carbons (Fsp3) is 0.467. The third-order valence-corrected chi connectivity index (χ3v) is 4.00. The molecule has 2 unspecified atom stereocenters. The number of aliphatic hydroxyl groups is 1. The first-order valence-electron chi connectivity index (χ1n) is 6.61. The molecule has 1 amide bonds. The van der Waals surface area contributed by atoms with Gasteiger partial charge in [-0.05, 0) is 29.5 Å². The molecule has 0 aromatic heterocycles. The van der Waals surface area contributed by atoms with Gasteiger partial charge in [0.25, 0.3) is 0 Å². The number of benzene rings is 1. The lowest BCUT2D eigenvalue weighted by Crippen LogP contribution is -2.17. The van der Waals surface area contributed by atoms with E-state index < -0.39 is 23.2 Å². The number of anilines is 1. The van der Waals surface area contributed by atoms with Crippen molar-refractivity contribution < 1.29 is 19.8 Å². The van der Waals surface area contributed by atoms with Crippen molar-refractivity contribution in [3.63, 3.8) is 0 Å². The zero-order valence-electron chi connectivity index (χ0n) is 11.6. The molecule has 1 aliphatic carbocycles.